The summed E-state index contributed by atoms with van der Waals surface area (Å²) >= 11 is 0. The van der Waals surface area contributed by atoms with E-state index in [1.54, 1.807) is 0 Å². The van der Waals surface area contributed by atoms with Crippen LogP contribution in [0.4, 0.5) is 11.5 Å². The molecule has 0 atom stereocenters. The van der Waals surface area contributed by atoms with Crippen LogP contribution in [0.15, 0.2) is 0 Å². The van der Waals surface area contributed by atoms with Gasteiger partial charge in [0.25, 0.3) is 0 Å². The average Bonchev–Trinajstić information content (AvgIpc) is 2.28. The van der Waals surface area contributed by atoms with Gasteiger partial charge in [-0.25, -0.2) is 0 Å². The number of nitrogens with zero attached hydrogens (tertiary/aromatic N) is 4. The van der Waals surface area contributed by atoms with E-state index in [9.17, 15) is 20.2 Å². The molecular formula is C4H4N4O5. The molecular weight excluding hydrogens is 184 g/mol. The second-order valence-corrected chi connectivity index (χ2v) is 2.16. The fourth-order valence-electron chi connectivity index (χ4n) is 0.805. The summed E-state index contributed by atoms with van der Waals surface area (Å²) in [5.41, 5.74) is -1.08. The third-order valence-corrected chi connectivity index (χ3v) is 1.40. The molecule has 1 heterocycles. The molecule has 0 aliphatic heterocycles. The largest absolute Gasteiger partial charge is 0.471 e. The monoisotopic (exact) mass is 188 g/mol. The number of nitro groups is 2. The van der Waals surface area contributed by atoms with E-state index in [0.717, 1.165) is 6.92 Å². The van der Waals surface area contributed by atoms with Crippen molar-refractivity contribution in [3.8, 4) is 0 Å². The molecule has 9 heteroatoms. The minimum absolute atomic E-state index is 0.107. The summed E-state index contributed by atoms with van der Waals surface area (Å²) in [7, 11) is 0. The maximum absolute atomic E-state index is 10.3. The molecule has 0 fully saturated rings. The Kier molecular flexibility index (Phi) is 1.85. The topological polar surface area (TPSA) is 124 Å². The van der Waals surface area contributed by atoms with Gasteiger partial charge in [-0.05, 0) is 11.8 Å². The van der Waals surface area contributed by atoms with E-state index < -0.39 is 21.4 Å². The molecule has 0 saturated heterocycles. The lowest BCUT2D eigenvalue weighted by molar-refractivity contribution is -0.424. The van der Waals surface area contributed by atoms with Gasteiger partial charge >= 0.3 is 11.5 Å². The van der Waals surface area contributed by atoms with Gasteiger partial charge in [0.1, 0.15) is 5.10 Å². The lowest BCUT2D eigenvalue weighted by Crippen LogP contribution is -1.95. The van der Waals surface area contributed by atoms with Crippen LogP contribution in [0.3, 0.4) is 0 Å². The molecule has 0 aliphatic carbocycles. The van der Waals surface area contributed by atoms with E-state index >= 15 is 0 Å². The molecule has 9 nitrogen and oxygen atoms in total. The molecule has 0 saturated carbocycles. The molecule has 70 valence electrons. The Bertz CT molecular complexity index is 382. The third kappa shape index (κ3) is 1.26. The molecule has 0 aromatic carbocycles. The Labute approximate surface area is 70.5 Å². The zero-order valence-corrected chi connectivity index (χ0v) is 6.37. The highest BCUT2D eigenvalue weighted by molar-refractivity contribution is 5.49. The Morgan fingerprint density at radius 1 is 1.38 bits per heavy atom. The molecule has 1 aromatic heterocycles. The standard InChI is InChI=1S/C4H4N4O5/c1-2-3(7(10)11)4(8(12)13)5-6(2)9/h9H,1H3. The number of hydrogen-bond donors (Lipinski definition) is 1. The highest BCUT2D eigenvalue weighted by atomic mass is 16.6. The first kappa shape index (κ1) is 8.90. The summed E-state index contributed by atoms with van der Waals surface area (Å²) < 4.78 is 0. The van der Waals surface area contributed by atoms with Crippen LogP contribution in [-0.2, 0) is 0 Å². The van der Waals surface area contributed by atoms with E-state index in [1.807, 2.05) is 0 Å². The van der Waals surface area contributed by atoms with Gasteiger partial charge in [-0.2, -0.15) is 0 Å². The minimum Gasteiger partial charge on any atom is -0.395 e. The lowest BCUT2D eigenvalue weighted by Gasteiger charge is -1.87. The fourth-order valence-corrected chi connectivity index (χ4v) is 0.805. The Morgan fingerprint density at radius 2 is 1.92 bits per heavy atom. The maximum atomic E-state index is 10.3. The Hall–Kier alpha value is -2.19. The summed E-state index contributed by atoms with van der Waals surface area (Å²) in [6, 6.07) is 0. The van der Waals surface area contributed by atoms with Gasteiger partial charge in [0.05, 0.1) is 4.92 Å². The van der Waals surface area contributed by atoms with Crippen molar-refractivity contribution >= 4 is 11.5 Å². The van der Waals surface area contributed by atoms with E-state index in [-0.39, 0.29) is 10.5 Å². The van der Waals surface area contributed by atoms with Gasteiger partial charge in [0.15, 0.2) is 5.69 Å². The quantitative estimate of drug-likeness (QED) is 0.402. The molecule has 13 heavy (non-hydrogen) atoms. The van der Waals surface area contributed by atoms with Crippen LogP contribution in [0.1, 0.15) is 5.69 Å². The SMILES string of the molecule is Cc1c([N+](=O)[O-])c([N+](=O)[O-])nn1O. The zero-order chi connectivity index (χ0) is 10.2. The van der Waals surface area contributed by atoms with Crippen molar-refractivity contribution < 1.29 is 15.1 Å². The van der Waals surface area contributed by atoms with Gasteiger partial charge in [0.2, 0.25) is 0 Å². The Morgan fingerprint density at radius 3 is 2.23 bits per heavy atom. The van der Waals surface area contributed by atoms with Crippen molar-refractivity contribution in [3.63, 3.8) is 0 Å². The highest BCUT2D eigenvalue weighted by Crippen LogP contribution is 2.27. The van der Waals surface area contributed by atoms with Crippen LogP contribution < -0.4 is 0 Å². The second kappa shape index (κ2) is 2.69. The van der Waals surface area contributed by atoms with E-state index in [4.69, 9.17) is 5.21 Å². The molecule has 1 N–H and O–H groups in total. The summed E-state index contributed by atoms with van der Waals surface area (Å²) in [5.74, 6) is -0.968. The van der Waals surface area contributed by atoms with Crippen molar-refractivity contribution in [1.82, 2.24) is 9.94 Å². The first-order chi connectivity index (χ1) is 5.95. The van der Waals surface area contributed by atoms with E-state index in [1.165, 1.54) is 0 Å². The molecule has 0 aliphatic rings. The summed E-state index contributed by atoms with van der Waals surface area (Å²) in [4.78, 5) is 18.6. The van der Waals surface area contributed by atoms with Gasteiger partial charge in [-0.15, -0.1) is 0 Å². The predicted molar refractivity (Wildman–Crippen MR) is 37.5 cm³/mol. The number of aromatic nitrogens is 2. The summed E-state index contributed by atoms with van der Waals surface area (Å²) in [5, 5.41) is 32.3. The normalized spacial score (nSPS) is 9.92. The minimum atomic E-state index is -1.03. The molecule has 0 unspecified atom stereocenters. The number of rotatable bonds is 2. The molecule has 1 aromatic rings. The highest BCUT2D eigenvalue weighted by Gasteiger charge is 2.35. The van der Waals surface area contributed by atoms with Crippen LogP contribution in [-0.4, -0.2) is 25.0 Å². The van der Waals surface area contributed by atoms with Crippen LogP contribution in [0.2, 0.25) is 0 Å². The fraction of sp³-hybridized carbons (Fsp3) is 0.250. The van der Waals surface area contributed by atoms with Crippen molar-refractivity contribution in [3.05, 3.63) is 25.9 Å². The van der Waals surface area contributed by atoms with Gasteiger partial charge in [-0.1, -0.05) is 0 Å². The summed E-state index contributed by atoms with van der Waals surface area (Å²) in [6.45, 7) is 1.15. The molecule has 1 rings (SSSR count). The van der Waals surface area contributed by atoms with Crippen molar-refractivity contribution in [1.29, 1.82) is 0 Å². The van der Waals surface area contributed by atoms with E-state index in [0.29, 0.717) is 0 Å². The van der Waals surface area contributed by atoms with Crippen LogP contribution >= 0.6 is 0 Å². The van der Waals surface area contributed by atoms with E-state index in [2.05, 4.69) is 5.10 Å². The Balaban J connectivity index is 3.44. The average molecular weight is 188 g/mol. The molecule has 0 amide bonds. The van der Waals surface area contributed by atoms with Crippen molar-refractivity contribution in [2.24, 2.45) is 0 Å². The van der Waals surface area contributed by atoms with Crippen LogP contribution in [0.25, 0.3) is 0 Å². The van der Waals surface area contributed by atoms with Gasteiger partial charge in [-0.3, -0.25) is 10.1 Å². The van der Waals surface area contributed by atoms with Crippen molar-refractivity contribution in [2.45, 2.75) is 6.92 Å². The molecule has 0 bridgehead atoms. The van der Waals surface area contributed by atoms with Gasteiger partial charge < -0.3 is 15.3 Å². The van der Waals surface area contributed by atoms with Crippen LogP contribution in [0, 0.1) is 27.2 Å². The van der Waals surface area contributed by atoms with Gasteiger partial charge in [0, 0.05) is 4.85 Å². The first-order valence-corrected chi connectivity index (χ1v) is 3.02. The zero-order valence-electron chi connectivity index (χ0n) is 6.37. The smallest absolute Gasteiger partial charge is 0.395 e. The molecule has 0 radical (unpaired) electrons. The van der Waals surface area contributed by atoms with Crippen LogP contribution in [0.5, 0.6) is 0 Å². The molecule has 0 spiro atoms. The second-order valence-electron chi connectivity index (χ2n) is 2.16. The third-order valence-electron chi connectivity index (χ3n) is 1.40. The number of hydrogen-bond acceptors (Lipinski definition) is 6. The maximum Gasteiger partial charge on any atom is 0.471 e. The first-order valence-electron chi connectivity index (χ1n) is 3.02. The summed E-state index contributed by atoms with van der Waals surface area (Å²) in [6.07, 6.45) is 0. The lowest BCUT2D eigenvalue weighted by atomic mass is 10.4. The van der Waals surface area contributed by atoms with Crippen molar-refractivity contribution in [2.75, 3.05) is 0 Å². The predicted octanol–water partition coefficient (Wildman–Crippen LogP) is 0.245.